The van der Waals surface area contributed by atoms with Crippen LogP contribution in [0.2, 0.25) is 0 Å². The molecule has 1 heterocycles. The quantitative estimate of drug-likeness (QED) is 0.631. The summed E-state index contributed by atoms with van der Waals surface area (Å²) in [7, 11) is 0. The van der Waals surface area contributed by atoms with Crippen LogP contribution < -0.4 is 4.74 Å². The van der Waals surface area contributed by atoms with Crippen LogP contribution in [0.1, 0.15) is 5.56 Å². The number of nitrogens with zero attached hydrogens (tertiary/aromatic N) is 2. The summed E-state index contributed by atoms with van der Waals surface area (Å²) in [5.41, 5.74) is 0.0465. The van der Waals surface area contributed by atoms with Gasteiger partial charge in [0.25, 0.3) is 5.69 Å². The second-order valence-electron chi connectivity index (χ2n) is 3.73. The van der Waals surface area contributed by atoms with E-state index in [9.17, 15) is 14.5 Å². The Kier molecular flexibility index (Phi) is 3.75. The molecular formula is C12H8BrFN2O3. The number of hydrogen-bond donors (Lipinski definition) is 0. The van der Waals surface area contributed by atoms with E-state index in [0.29, 0.717) is 15.8 Å². The summed E-state index contributed by atoms with van der Waals surface area (Å²) in [5, 5.41) is 10.7. The average molecular weight is 327 g/mol. The summed E-state index contributed by atoms with van der Waals surface area (Å²) in [5.74, 6) is -0.488. The van der Waals surface area contributed by atoms with Gasteiger partial charge in [0.05, 0.1) is 15.5 Å². The zero-order chi connectivity index (χ0) is 14.0. The van der Waals surface area contributed by atoms with Crippen LogP contribution in [0.3, 0.4) is 0 Å². The van der Waals surface area contributed by atoms with Crippen LogP contribution in [0.25, 0.3) is 0 Å². The molecule has 1 aromatic carbocycles. The van der Waals surface area contributed by atoms with E-state index in [1.807, 2.05) is 0 Å². The van der Waals surface area contributed by atoms with Crippen molar-refractivity contribution in [3.05, 3.63) is 56.6 Å². The minimum Gasteiger partial charge on any atom is -0.453 e. The number of aryl methyl sites for hydroxylation is 1. The number of hydrogen-bond acceptors (Lipinski definition) is 4. The van der Waals surface area contributed by atoms with Crippen molar-refractivity contribution in [1.29, 1.82) is 0 Å². The van der Waals surface area contributed by atoms with Gasteiger partial charge in [0, 0.05) is 24.0 Å². The van der Waals surface area contributed by atoms with E-state index in [2.05, 4.69) is 20.9 Å². The Labute approximate surface area is 116 Å². The van der Waals surface area contributed by atoms with E-state index in [1.54, 1.807) is 6.07 Å². The molecule has 0 N–H and O–H groups in total. The number of nitro benzene ring substituents is 1. The van der Waals surface area contributed by atoms with Gasteiger partial charge in [-0.1, -0.05) is 0 Å². The second-order valence-corrected chi connectivity index (χ2v) is 4.59. The van der Waals surface area contributed by atoms with Crippen LogP contribution in [-0.2, 0) is 0 Å². The maximum Gasteiger partial charge on any atom is 0.275 e. The topological polar surface area (TPSA) is 65.3 Å². The molecule has 0 saturated heterocycles. The van der Waals surface area contributed by atoms with Crippen LogP contribution in [-0.4, -0.2) is 9.91 Å². The third kappa shape index (κ3) is 2.87. The first-order chi connectivity index (χ1) is 8.99. The molecule has 0 unspecified atom stereocenters. The van der Waals surface area contributed by atoms with Crippen molar-refractivity contribution >= 4 is 21.6 Å². The van der Waals surface area contributed by atoms with E-state index in [1.165, 1.54) is 25.4 Å². The van der Waals surface area contributed by atoms with Crippen molar-refractivity contribution < 1.29 is 14.1 Å². The van der Waals surface area contributed by atoms with Gasteiger partial charge in [-0.15, -0.1) is 0 Å². The Balaban J connectivity index is 2.39. The SMILES string of the molecule is Cc1cc(Oc2ccncc2Br)c(F)cc1[N+](=O)[O-]. The van der Waals surface area contributed by atoms with Gasteiger partial charge in [-0.25, -0.2) is 4.39 Å². The van der Waals surface area contributed by atoms with Crippen LogP contribution in [0.5, 0.6) is 11.5 Å². The maximum absolute atomic E-state index is 13.7. The molecule has 0 aliphatic carbocycles. The minimum absolute atomic E-state index is 0.0741. The first-order valence-corrected chi connectivity index (χ1v) is 6.00. The van der Waals surface area contributed by atoms with E-state index >= 15 is 0 Å². The molecule has 0 fully saturated rings. The van der Waals surface area contributed by atoms with Crippen molar-refractivity contribution in [2.45, 2.75) is 6.92 Å². The molecule has 7 heteroatoms. The van der Waals surface area contributed by atoms with Crippen LogP contribution in [0.4, 0.5) is 10.1 Å². The molecule has 0 aliphatic heterocycles. The average Bonchev–Trinajstić information content (AvgIpc) is 2.35. The highest BCUT2D eigenvalue weighted by Gasteiger charge is 2.17. The molecule has 98 valence electrons. The summed E-state index contributed by atoms with van der Waals surface area (Å²) >= 11 is 3.22. The molecule has 5 nitrogen and oxygen atoms in total. The zero-order valence-electron chi connectivity index (χ0n) is 9.76. The number of nitro groups is 1. The smallest absolute Gasteiger partial charge is 0.275 e. The first kappa shape index (κ1) is 13.4. The van der Waals surface area contributed by atoms with Gasteiger partial charge in [-0.05, 0) is 28.9 Å². The summed E-state index contributed by atoms with van der Waals surface area (Å²) in [4.78, 5) is 13.9. The van der Waals surface area contributed by atoms with E-state index in [4.69, 9.17) is 4.74 Å². The molecule has 0 aliphatic rings. The predicted molar refractivity (Wildman–Crippen MR) is 69.8 cm³/mol. The number of pyridine rings is 1. The molecule has 0 bridgehead atoms. The number of benzene rings is 1. The van der Waals surface area contributed by atoms with Crippen molar-refractivity contribution in [1.82, 2.24) is 4.98 Å². The summed E-state index contributed by atoms with van der Waals surface area (Å²) in [6, 6.07) is 3.69. The maximum atomic E-state index is 13.7. The van der Waals surface area contributed by atoms with Gasteiger partial charge in [0.1, 0.15) is 5.75 Å². The fraction of sp³-hybridized carbons (Fsp3) is 0.0833. The van der Waals surface area contributed by atoms with Crippen molar-refractivity contribution in [3.63, 3.8) is 0 Å². The molecule has 2 aromatic rings. The lowest BCUT2D eigenvalue weighted by Gasteiger charge is -2.09. The lowest BCUT2D eigenvalue weighted by atomic mass is 10.2. The molecule has 2 rings (SSSR count). The van der Waals surface area contributed by atoms with Gasteiger partial charge in [0.15, 0.2) is 11.6 Å². The first-order valence-electron chi connectivity index (χ1n) is 5.21. The van der Waals surface area contributed by atoms with Crippen molar-refractivity contribution in [2.75, 3.05) is 0 Å². The standard InChI is InChI=1S/C12H8BrFN2O3/c1-7-4-12(9(14)5-10(7)16(17)18)19-11-2-3-15-6-8(11)13/h2-6H,1H3. The monoisotopic (exact) mass is 326 g/mol. The van der Waals surface area contributed by atoms with E-state index in [-0.39, 0.29) is 11.4 Å². The summed E-state index contributed by atoms with van der Waals surface area (Å²) in [6.45, 7) is 1.52. The van der Waals surface area contributed by atoms with E-state index < -0.39 is 10.7 Å². The molecule has 0 spiro atoms. The highest BCUT2D eigenvalue weighted by Crippen LogP contribution is 2.33. The van der Waals surface area contributed by atoms with Gasteiger partial charge >= 0.3 is 0 Å². The molecule has 0 atom stereocenters. The predicted octanol–water partition coefficient (Wildman–Crippen LogP) is 3.99. The van der Waals surface area contributed by atoms with Gasteiger partial charge in [-0.3, -0.25) is 15.1 Å². The van der Waals surface area contributed by atoms with Gasteiger partial charge in [-0.2, -0.15) is 0 Å². The summed E-state index contributed by atoms with van der Waals surface area (Å²) < 4.78 is 19.7. The Hall–Kier alpha value is -2.02. The minimum atomic E-state index is -0.791. The van der Waals surface area contributed by atoms with Crippen LogP contribution in [0.15, 0.2) is 35.1 Å². The highest BCUT2D eigenvalue weighted by atomic mass is 79.9. The number of rotatable bonds is 3. The third-order valence-electron chi connectivity index (χ3n) is 2.40. The Morgan fingerprint density at radius 2 is 2.16 bits per heavy atom. The molecular weight excluding hydrogens is 319 g/mol. The van der Waals surface area contributed by atoms with Crippen molar-refractivity contribution in [3.8, 4) is 11.5 Å². The zero-order valence-corrected chi connectivity index (χ0v) is 11.3. The van der Waals surface area contributed by atoms with Crippen LogP contribution >= 0.6 is 15.9 Å². The Morgan fingerprint density at radius 3 is 2.79 bits per heavy atom. The number of halogens is 2. The number of aromatic nitrogens is 1. The van der Waals surface area contributed by atoms with Crippen molar-refractivity contribution in [2.24, 2.45) is 0 Å². The van der Waals surface area contributed by atoms with Gasteiger partial charge < -0.3 is 4.74 Å². The molecule has 0 amide bonds. The van der Waals surface area contributed by atoms with Crippen LogP contribution in [0, 0.1) is 22.9 Å². The Morgan fingerprint density at radius 1 is 1.42 bits per heavy atom. The highest BCUT2D eigenvalue weighted by molar-refractivity contribution is 9.10. The van der Waals surface area contributed by atoms with Gasteiger partial charge in [0.2, 0.25) is 0 Å². The van der Waals surface area contributed by atoms with E-state index in [0.717, 1.165) is 6.07 Å². The fourth-order valence-corrected chi connectivity index (χ4v) is 1.81. The second kappa shape index (κ2) is 5.31. The molecule has 0 saturated carbocycles. The number of ether oxygens (including phenoxy) is 1. The normalized spacial score (nSPS) is 10.3. The Bertz CT molecular complexity index is 649. The lowest BCUT2D eigenvalue weighted by Crippen LogP contribution is -1.96. The third-order valence-corrected chi connectivity index (χ3v) is 3.00. The molecule has 19 heavy (non-hydrogen) atoms. The summed E-state index contributed by atoms with van der Waals surface area (Å²) in [6.07, 6.45) is 3.00. The molecule has 1 aromatic heterocycles. The fourth-order valence-electron chi connectivity index (χ4n) is 1.48. The molecule has 0 radical (unpaired) electrons. The largest absolute Gasteiger partial charge is 0.453 e. The lowest BCUT2D eigenvalue weighted by molar-refractivity contribution is -0.385.